The first kappa shape index (κ1) is 13.7. The van der Waals surface area contributed by atoms with Gasteiger partial charge in [0.05, 0.1) is 11.0 Å². The molecule has 0 aliphatic carbocycles. The molecule has 2 aromatic rings. The summed E-state index contributed by atoms with van der Waals surface area (Å²) in [6, 6.07) is 7.84. The molecule has 1 aromatic carbocycles. The molecule has 0 aliphatic rings. The van der Waals surface area contributed by atoms with Gasteiger partial charge in [-0.15, -0.1) is 11.3 Å². The molecule has 1 amide bonds. The van der Waals surface area contributed by atoms with Crippen LogP contribution in [0.3, 0.4) is 0 Å². The summed E-state index contributed by atoms with van der Waals surface area (Å²) in [5, 5.41) is 14.3. The lowest BCUT2D eigenvalue weighted by Gasteiger charge is -2.12. The predicted molar refractivity (Wildman–Crippen MR) is 72.7 cm³/mol. The highest BCUT2D eigenvalue weighted by Crippen LogP contribution is 2.17. The van der Waals surface area contributed by atoms with E-state index in [2.05, 4.69) is 5.32 Å². The third-order valence-electron chi connectivity index (χ3n) is 2.79. The topological polar surface area (TPSA) is 49.3 Å². The molecule has 19 heavy (non-hydrogen) atoms. The fourth-order valence-electron chi connectivity index (χ4n) is 1.73. The Labute approximate surface area is 114 Å². The molecule has 2 rings (SSSR count). The average Bonchev–Trinajstić information content (AvgIpc) is 2.82. The molecule has 0 saturated heterocycles. The lowest BCUT2D eigenvalue weighted by atomic mass is 10.1. The van der Waals surface area contributed by atoms with Gasteiger partial charge in [0.25, 0.3) is 5.91 Å². The van der Waals surface area contributed by atoms with Crippen molar-refractivity contribution in [1.29, 1.82) is 0 Å². The van der Waals surface area contributed by atoms with Gasteiger partial charge >= 0.3 is 0 Å². The zero-order chi connectivity index (χ0) is 13.8. The second kappa shape index (κ2) is 5.95. The van der Waals surface area contributed by atoms with Crippen LogP contribution in [-0.2, 0) is 0 Å². The Morgan fingerprint density at radius 1 is 1.42 bits per heavy atom. The smallest absolute Gasteiger partial charge is 0.261 e. The maximum Gasteiger partial charge on any atom is 0.261 e. The number of thiophene rings is 1. The van der Waals surface area contributed by atoms with Crippen molar-refractivity contribution in [3.63, 3.8) is 0 Å². The van der Waals surface area contributed by atoms with E-state index in [0.717, 1.165) is 5.56 Å². The first-order chi connectivity index (χ1) is 9.09. The van der Waals surface area contributed by atoms with Crippen molar-refractivity contribution in [3.05, 3.63) is 57.5 Å². The summed E-state index contributed by atoms with van der Waals surface area (Å²) in [6.07, 6.45) is -1.05. The van der Waals surface area contributed by atoms with Gasteiger partial charge in [-0.2, -0.15) is 0 Å². The molecule has 0 bridgehead atoms. The number of carbonyl (C=O) groups is 1. The van der Waals surface area contributed by atoms with Gasteiger partial charge in [0.1, 0.15) is 5.82 Å². The predicted octanol–water partition coefficient (Wildman–Crippen LogP) is 2.66. The minimum absolute atomic E-state index is 0.0168. The van der Waals surface area contributed by atoms with Crippen LogP contribution in [-0.4, -0.2) is 17.6 Å². The number of amides is 1. The highest BCUT2D eigenvalue weighted by molar-refractivity contribution is 7.12. The molecule has 3 nitrogen and oxygen atoms in total. The van der Waals surface area contributed by atoms with Gasteiger partial charge in [-0.25, -0.2) is 4.39 Å². The van der Waals surface area contributed by atoms with Gasteiger partial charge in [0.15, 0.2) is 0 Å². The van der Waals surface area contributed by atoms with Gasteiger partial charge in [-0.1, -0.05) is 18.2 Å². The molecule has 0 radical (unpaired) electrons. The van der Waals surface area contributed by atoms with E-state index in [0.29, 0.717) is 4.88 Å². The summed E-state index contributed by atoms with van der Waals surface area (Å²) in [6.45, 7) is 1.83. The largest absolute Gasteiger partial charge is 0.386 e. The average molecular weight is 279 g/mol. The highest BCUT2D eigenvalue weighted by atomic mass is 32.1. The Morgan fingerprint density at radius 3 is 2.79 bits per heavy atom. The van der Waals surface area contributed by atoms with Gasteiger partial charge in [0, 0.05) is 12.1 Å². The second-order valence-corrected chi connectivity index (χ2v) is 5.10. The lowest BCUT2D eigenvalue weighted by molar-refractivity contribution is 0.0917. The molecule has 1 aromatic heterocycles. The summed E-state index contributed by atoms with van der Waals surface area (Å²) in [5.74, 6) is -0.723. The highest BCUT2D eigenvalue weighted by Gasteiger charge is 2.15. The van der Waals surface area contributed by atoms with Crippen LogP contribution in [0.15, 0.2) is 35.7 Å². The molecular weight excluding hydrogens is 265 g/mol. The number of halogens is 1. The van der Waals surface area contributed by atoms with Crippen LogP contribution in [0.25, 0.3) is 0 Å². The summed E-state index contributed by atoms with van der Waals surface area (Å²) >= 11 is 1.34. The number of nitrogens with one attached hydrogen (secondary N) is 1. The van der Waals surface area contributed by atoms with Crippen LogP contribution in [0.2, 0.25) is 0 Å². The summed E-state index contributed by atoms with van der Waals surface area (Å²) in [7, 11) is 0. The fourth-order valence-corrected chi connectivity index (χ4v) is 2.57. The van der Waals surface area contributed by atoms with Crippen LogP contribution in [0.1, 0.15) is 26.9 Å². The Hall–Kier alpha value is -1.72. The summed E-state index contributed by atoms with van der Waals surface area (Å²) < 4.78 is 13.4. The molecule has 100 valence electrons. The second-order valence-electron chi connectivity index (χ2n) is 4.18. The Balaban J connectivity index is 1.98. The fraction of sp³-hybridized carbons (Fsp3) is 0.214. The van der Waals surface area contributed by atoms with Gasteiger partial charge in [-0.3, -0.25) is 4.79 Å². The molecule has 0 aliphatic heterocycles. The molecular formula is C14H14FNO2S. The van der Waals surface area contributed by atoms with Gasteiger partial charge in [0.2, 0.25) is 0 Å². The third kappa shape index (κ3) is 3.19. The number of hydrogen-bond donors (Lipinski definition) is 2. The monoisotopic (exact) mass is 279 g/mol. The number of benzene rings is 1. The van der Waals surface area contributed by atoms with E-state index in [1.54, 1.807) is 12.1 Å². The normalized spacial score (nSPS) is 12.2. The number of aryl methyl sites for hydroxylation is 1. The molecule has 5 heteroatoms. The van der Waals surface area contributed by atoms with Crippen molar-refractivity contribution in [2.75, 3.05) is 6.54 Å². The van der Waals surface area contributed by atoms with Crippen molar-refractivity contribution in [2.45, 2.75) is 13.0 Å². The first-order valence-electron chi connectivity index (χ1n) is 5.84. The van der Waals surface area contributed by atoms with E-state index in [1.807, 2.05) is 18.4 Å². The van der Waals surface area contributed by atoms with Crippen molar-refractivity contribution >= 4 is 17.2 Å². The number of carbonyl (C=O) groups excluding carboxylic acids is 1. The molecule has 0 spiro atoms. The zero-order valence-corrected chi connectivity index (χ0v) is 11.2. The van der Waals surface area contributed by atoms with Crippen LogP contribution in [0.5, 0.6) is 0 Å². The van der Waals surface area contributed by atoms with Gasteiger partial charge < -0.3 is 10.4 Å². The van der Waals surface area contributed by atoms with Gasteiger partial charge in [-0.05, 0) is 30.0 Å². The molecule has 1 unspecified atom stereocenters. The lowest BCUT2D eigenvalue weighted by Crippen LogP contribution is -2.28. The minimum Gasteiger partial charge on any atom is -0.386 e. The molecule has 2 N–H and O–H groups in total. The standard InChI is InChI=1S/C14H14FNO2S/c1-9-6-7-19-13(9)14(18)16-8-12(17)10-4-2-3-5-11(10)15/h2-7,12,17H,8H2,1H3,(H,16,18). The van der Waals surface area contributed by atoms with Crippen molar-refractivity contribution in [2.24, 2.45) is 0 Å². The van der Waals surface area contributed by atoms with Crippen LogP contribution < -0.4 is 5.32 Å². The van der Waals surface area contributed by atoms with Crippen molar-refractivity contribution < 1.29 is 14.3 Å². The van der Waals surface area contributed by atoms with E-state index >= 15 is 0 Å². The minimum atomic E-state index is -1.05. The van der Waals surface area contributed by atoms with E-state index in [4.69, 9.17) is 0 Å². The van der Waals surface area contributed by atoms with E-state index in [9.17, 15) is 14.3 Å². The van der Waals surface area contributed by atoms with E-state index in [-0.39, 0.29) is 18.0 Å². The van der Waals surface area contributed by atoms with Crippen LogP contribution in [0, 0.1) is 12.7 Å². The Morgan fingerprint density at radius 2 is 2.16 bits per heavy atom. The van der Waals surface area contributed by atoms with Crippen LogP contribution in [0.4, 0.5) is 4.39 Å². The van der Waals surface area contributed by atoms with E-state index < -0.39 is 11.9 Å². The maximum atomic E-state index is 13.4. The SMILES string of the molecule is Cc1ccsc1C(=O)NCC(O)c1ccccc1F. The van der Waals surface area contributed by atoms with Crippen LogP contribution >= 0.6 is 11.3 Å². The number of aliphatic hydroxyl groups is 1. The molecule has 0 fully saturated rings. The number of hydrogen-bond acceptors (Lipinski definition) is 3. The Bertz CT molecular complexity index is 582. The van der Waals surface area contributed by atoms with E-state index in [1.165, 1.54) is 23.5 Å². The summed E-state index contributed by atoms with van der Waals surface area (Å²) in [4.78, 5) is 12.5. The van der Waals surface area contributed by atoms with Crippen molar-refractivity contribution in [1.82, 2.24) is 5.32 Å². The number of rotatable bonds is 4. The third-order valence-corrected chi connectivity index (χ3v) is 3.80. The molecule has 0 saturated carbocycles. The van der Waals surface area contributed by atoms with Crippen molar-refractivity contribution in [3.8, 4) is 0 Å². The first-order valence-corrected chi connectivity index (χ1v) is 6.72. The zero-order valence-electron chi connectivity index (χ0n) is 10.4. The molecule has 1 atom stereocenters. The maximum absolute atomic E-state index is 13.4. The molecule has 1 heterocycles. The Kier molecular flexibility index (Phi) is 4.29. The quantitative estimate of drug-likeness (QED) is 0.904. The number of aliphatic hydroxyl groups excluding tert-OH is 1. The summed E-state index contributed by atoms with van der Waals surface area (Å²) in [5.41, 5.74) is 1.08.